The summed E-state index contributed by atoms with van der Waals surface area (Å²) in [5.41, 5.74) is 1.84. The van der Waals surface area contributed by atoms with Crippen LogP contribution in [-0.4, -0.2) is 17.3 Å². The number of hydrogen-bond donors (Lipinski definition) is 0. The van der Waals surface area contributed by atoms with Crippen LogP contribution in [0.5, 0.6) is 0 Å². The van der Waals surface area contributed by atoms with Crippen LogP contribution in [0.4, 0.5) is 5.69 Å². The van der Waals surface area contributed by atoms with Crippen molar-refractivity contribution in [3.63, 3.8) is 0 Å². The van der Waals surface area contributed by atoms with Crippen molar-refractivity contribution in [2.45, 2.75) is 11.8 Å². The fourth-order valence-electron chi connectivity index (χ4n) is 2.20. The molecule has 0 aliphatic carbocycles. The molecule has 4 heteroatoms. The maximum absolute atomic E-state index is 12.3. The molecule has 0 fully saturated rings. The third-order valence-electron chi connectivity index (χ3n) is 3.17. The van der Waals surface area contributed by atoms with Gasteiger partial charge in [-0.1, -0.05) is 23.9 Å². The smallest absolute Gasteiger partial charge is 0.188 e. The average molecular weight is 282 g/mol. The minimum atomic E-state index is 0.0150. The number of hydrogen-bond acceptors (Lipinski definition) is 4. The van der Waals surface area contributed by atoms with E-state index in [-0.39, 0.29) is 5.78 Å². The van der Waals surface area contributed by atoms with Crippen molar-refractivity contribution >= 4 is 23.2 Å². The number of ketones is 1. The number of rotatable bonds is 3. The summed E-state index contributed by atoms with van der Waals surface area (Å²) in [5, 5.41) is 0.982. The minimum absolute atomic E-state index is 0.0150. The highest BCUT2D eigenvalue weighted by molar-refractivity contribution is 8.03. The summed E-state index contributed by atoms with van der Waals surface area (Å²) in [5.74, 6) is 0.0150. The molecule has 1 aromatic heterocycles. The zero-order valence-corrected chi connectivity index (χ0v) is 11.9. The molecule has 2 aromatic rings. The van der Waals surface area contributed by atoms with Crippen LogP contribution < -0.4 is 4.90 Å². The molecule has 0 atom stereocenters. The Hall–Kier alpha value is -2.07. The predicted molar refractivity (Wildman–Crippen MR) is 82.0 cm³/mol. The predicted octanol–water partition coefficient (Wildman–Crippen LogP) is 3.74. The highest BCUT2D eigenvalue weighted by Crippen LogP contribution is 2.45. The molecule has 0 saturated carbocycles. The maximum atomic E-state index is 12.3. The van der Waals surface area contributed by atoms with E-state index in [2.05, 4.69) is 28.9 Å². The van der Waals surface area contributed by atoms with Crippen LogP contribution in [0.1, 0.15) is 17.3 Å². The number of nitrogens with zero attached hydrogens (tertiary/aromatic N) is 2. The number of thioether (sulfide) groups is 1. The van der Waals surface area contributed by atoms with Crippen molar-refractivity contribution in [2.75, 3.05) is 11.4 Å². The molecule has 0 bridgehead atoms. The second kappa shape index (κ2) is 5.51. The first-order valence-corrected chi connectivity index (χ1v) is 7.31. The summed E-state index contributed by atoms with van der Waals surface area (Å²) in [6.07, 6.45) is 4.99. The molecule has 0 spiro atoms. The zero-order chi connectivity index (χ0) is 13.9. The summed E-state index contributed by atoms with van der Waals surface area (Å²) in [6, 6.07) is 11.7. The van der Waals surface area contributed by atoms with Crippen molar-refractivity contribution in [2.24, 2.45) is 0 Å². The van der Waals surface area contributed by atoms with Gasteiger partial charge < -0.3 is 4.90 Å². The average Bonchev–Trinajstić information content (AvgIpc) is 2.85. The molecule has 3 rings (SSSR count). The van der Waals surface area contributed by atoms with Crippen LogP contribution in [-0.2, 0) is 0 Å². The van der Waals surface area contributed by atoms with Crippen LogP contribution >= 0.6 is 11.8 Å². The van der Waals surface area contributed by atoms with E-state index in [4.69, 9.17) is 0 Å². The molecule has 1 aliphatic heterocycles. The van der Waals surface area contributed by atoms with Crippen LogP contribution in [0.25, 0.3) is 0 Å². The standard InChI is InChI=1S/C16H14N2OS/c1-2-18-13-5-3-4-6-15(13)20-16(18)11-14(19)12-7-9-17-10-8-12/h3-11H,2H2,1H3/b16-11+. The SMILES string of the molecule is CCN1/C(=C\C(=O)c2ccncc2)Sc2ccccc21. The van der Waals surface area contributed by atoms with Crippen molar-refractivity contribution in [1.82, 2.24) is 4.98 Å². The van der Waals surface area contributed by atoms with Gasteiger partial charge in [-0.3, -0.25) is 9.78 Å². The number of allylic oxidation sites excluding steroid dienone is 1. The van der Waals surface area contributed by atoms with Gasteiger partial charge >= 0.3 is 0 Å². The Labute approximate surface area is 122 Å². The molecule has 20 heavy (non-hydrogen) atoms. The van der Waals surface area contributed by atoms with E-state index >= 15 is 0 Å². The van der Waals surface area contributed by atoms with Crippen LogP contribution in [0.2, 0.25) is 0 Å². The molecule has 0 radical (unpaired) electrons. The Morgan fingerprint density at radius 1 is 1.25 bits per heavy atom. The van der Waals surface area contributed by atoms with Gasteiger partial charge in [-0.05, 0) is 31.2 Å². The van der Waals surface area contributed by atoms with E-state index in [1.54, 1.807) is 42.4 Å². The number of carbonyl (C=O) groups excluding carboxylic acids is 1. The van der Waals surface area contributed by atoms with Crippen molar-refractivity contribution in [1.29, 1.82) is 0 Å². The lowest BCUT2D eigenvalue weighted by atomic mass is 10.2. The van der Waals surface area contributed by atoms with E-state index in [0.717, 1.165) is 11.6 Å². The number of benzene rings is 1. The maximum Gasteiger partial charge on any atom is 0.188 e. The van der Waals surface area contributed by atoms with Gasteiger partial charge in [0.2, 0.25) is 0 Å². The third-order valence-corrected chi connectivity index (χ3v) is 4.28. The minimum Gasteiger partial charge on any atom is -0.335 e. The Balaban J connectivity index is 1.92. The quantitative estimate of drug-likeness (QED) is 0.634. The Kier molecular flexibility index (Phi) is 3.56. The van der Waals surface area contributed by atoms with Gasteiger partial charge in [0.15, 0.2) is 5.78 Å². The first kappa shape index (κ1) is 12.9. The van der Waals surface area contributed by atoms with Gasteiger partial charge in [0, 0.05) is 35.5 Å². The summed E-state index contributed by atoms with van der Waals surface area (Å²) in [6.45, 7) is 2.94. The fraction of sp³-hybridized carbons (Fsp3) is 0.125. The summed E-state index contributed by atoms with van der Waals surface area (Å²) in [4.78, 5) is 19.6. The first-order valence-electron chi connectivity index (χ1n) is 6.50. The molecule has 0 unspecified atom stereocenters. The summed E-state index contributed by atoms with van der Waals surface area (Å²) < 4.78 is 0. The van der Waals surface area contributed by atoms with Gasteiger partial charge in [0.1, 0.15) is 0 Å². The fourth-order valence-corrected chi connectivity index (χ4v) is 3.36. The van der Waals surface area contributed by atoms with Gasteiger partial charge in [-0.25, -0.2) is 0 Å². The molecule has 0 amide bonds. The zero-order valence-electron chi connectivity index (χ0n) is 11.1. The Bertz CT molecular complexity index is 667. The van der Waals surface area contributed by atoms with E-state index in [9.17, 15) is 4.79 Å². The highest BCUT2D eigenvalue weighted by atomic mass is 32.2. The van der Waals surface area contributed by atoms with Crippen molar-refractivity contribution in [3.8, 4) is 0 Å². The van der Waals surface area contributed by atoms with Crippen LogP contribution in [0.15, 0.2) is 64.8 Å². The van der Waals surface area contributed by atoms with Gasteiger partial charge in [-0.15, -0.1) is 0 Å². The van der Waals surface area contributed by atoms with Crippen molar-refractivity contribution < 1.29 is 4.79 Å². The second-order valence-electron chi connectivity index (χ2n) is 4.40. The number of carbonyl (C=O) groups is 1. The molecule has 1 aliphatic rings. The lowest BCUT2D eigenvalue weighted by molar-refractivity contribution is 0.104. The number of fused-ring (bicyclic) bond motifs is 1. The molecule has 3 nitrogen and oxygen atoms in total. The molecule has 100 valence electrons. The van der Waals surface area contributed by atoms with Crippen LogP contribution in [0.3, 0.4) is 0 Å². The van der Waals surface area contributed by atoms with Crippen molar-refractivity contribution in [3.05, 3.63) is 65.5 Å². The first-order chi connectivity index (χ1) is 9.79. The second-order valence-corrected chi connectivity index (χ2v) is 5.46. The van der Waals surface area contributed by atoms with E-state index in [1.807, 2.05) is 12.1 Å². The topological polar surface area (TPSA) is 33.2 Å². The van der Waals surface area contributed by atoms with Gasteiger partial charge in [0.25, 0.3) is 0 Å². The highest BCUT2D eigenvalue weighted by Gasteiger charge is 2.24. The lowest BCUT2D eigenvalue weighted by Gasteiger charge is -2.17. The summed E-state index contributed by atoms with van der Waals surface area (Å²) in [7, 11) is 0. The Morgan fingerprint density at radius 2 is 2.00 bits per heavy atom. The number of pyridine rings is 1. The monoisotopic (exact) mass is 282 g/mol. The number of aromatic nitrogens is 1. The number of para-hydroxylation sites is 1. The Morgan fingerprint density at radius 3 is 2.75 bits per heavy atom. The molecule has 0 N–H and O–H groups in total. The molecule has 2 heterocycles. The normalized spacial score (nSPS) is 15.4. The van der Waals surface area contributed by atoms with Gasteiger partial charge in [-0.2, -0.15) is 0 Å². The molecule has 0 saturated heterocycles. The number of anilines is 1. The summed E-state index contributed by atoms with van der Waals surface area (Å²) >= 11 is 1.64. The third kappa shape index (κ3) is 2.34. The molecular formula is C16H14N2OS. The largest absolute Gasteiger partial charge is 0.335 e. The van der Waals surface area contributed by atoms with Gasteiger partial charge in [0.05, 0.1) is 10.7 Å². The van der Waals surface area contributed by atoms with E-state index < -0.39 is 0 Å². The molecular weight excluding hydrogens is 268 g/mol. The van der Waals surface area contributed by atoms with Crippen LogP contribution in [0, 0.1) is 0 Å². The van der Waals surface area contributed by atoms with E-state index in [0.29, 0.717) is 5.56 Å². The van der Waals surface area contributed by atoms with E-state index in [1.165, 1.54) is 10.6 Å². The lowest BCUT2D eigenvalue weighted by Crippen LogP contribution is -2.17. The molecule has 1 aromatic carbocycles.